The summed E-state index contributed by atoms with van der Waals surface area (Å²) in [6.07, 6.45) is 0. The molecule has 0 atom stereocenters. The average Bonchev–Trinajstić information content (AvgIpc) is 2.88. The number of hydrogen-bond acceptors (Lipinski definition) is 3. The molecule has 2 N–H and O–H groups in total. The zero-order chi connectivity index (χ0) is 14.1. The van der Waals surface area contributed by atoms with Gasteiger partial charge >= 0.3 is 0 Å². The van der Waals surface area contributed by atoms with Crippen LogP contribution in [0.25, 0.3) is 11.3 Å². The van der Waals surface area contributed by atoms with Gasteiger partial charge in [-0.1, -0.05) is 0 Å². The Hall–Kier alpha value is -2.21. The fraction of sp³-hybridized carbons (Fsp3) is 0.286. The zero-order valence-electron chi connectivity index (χ0n) is 10.7. The summed E-state index contributed by atoms with van der Waals surface area (Å²) in [4.78, 5) is 13.8. The molecule has 1 fully saturated rings. The molecule has 1 amide bonds. The maximum Gasteiger partial charge on any atom is 0.271 e. The SMILES string of the molecule is O=C(c1cc(-c2ccc(F)cc2)n[nH]1)N1CC(CO)C1. The molecule has 0 spiro atoms. The summed E-state index contributed by atoms with van der Waals surface area (Å²) in [5.41, 5.74) is 1.76. The number of aromatic amines is 1. The summed E-state index contributed by atoms with van der Waals surface area (Å²) in [6, 6.07) is 7.60. The number of aliphatic hydroxyl groups is 1. The predicted molar refractivity (Wildman–Crippen MR) is 70.5 cm³/mol. The third-order valence-corrected chi connectivity index (χ3v) is 3.45. The molecule has 0 bridgehead atoms. The summed E-state index contributed by atoms with van der Waals surface area (Å²) in [5, 5.41) is 15.7. The number of nitrogens with zero attached hydrogens (tertiary/aromatic N) is 2. The molecule has 0 unspecified atom stereocenters. The Balaban J connectivity index is 1.74. The summed E-state index contributed by atoms with van der Waals surface area (Å²) >= 11 is 0. The highest BCUT2D eigenvalue weighted by atomic mass is 19.1. The van der Waals surface area contributed by atoms with Crippen LogP contribution in [-0.2, 0) is 0 Å². The number of benzene rings is 1. The number of hydrogen-bond donors (Lipinski definition) is 2. The highest BCUT2D eigenvalue weighted by Crippen LogP contribution is 2.21. The predicted octanol–water partition coefficient (Wildman–Crippen LogP) is 1.28. The summed E-state index contributed by atoms with van der Waals surface area (Å²) < 4.78 is 12.9. The highest BCUT2D eigenvalue weighted by Gasteiger charge is 2.31. The number of amides is 1. The molecule has 1 aromatic carbocycles. The summed E-state index contributed by atoms with van der Waals surface area (Å²) in [5.74, 6) is -0.259. The van der Waals surface area contributed by atoms with Crippen LogP contribution in [0.5, 0.6) is 0 Å². The standard InChI is InChI=1S/C14H14FN3O2/c15-11-3-1-10(2-4-11)12-5-13(17-16-12)14(20)18-6-9(7-18)8-19/h1-5,9,19H,6-8H2,(H,16,17). The van der Waals surface area contributed by atoms with Gasteiger partial charge in [-0.15, -0.1) is 0 Å². The van der Waals surface area contributed by atoms with Crippen molar-refractivity contribution in [1.82, 2.24) is 15.1 Å². The Kier molecular flexibility index (Phi) is 3.23. The molecule has 1 saturated heterocycles. The van der Waals surface area contributed by atoms with E-state index in [1.165, 1.54) is 12.1 Å². The van der Waals surface area contributed by atoms with E-state index in [0.29, 0.717) is 24.5 Å². The molecule has 1 aromatic heterocycles. The van der Waals surface area contributed by atoms with Gasteiger partial charge in [-0.3, -0.25) is 9.89 Å². The van der Waals surface area contributed by atoms with E-state index in [-0.39, 0.29) is 24.2 Å². The molecule has 3 rings (SSSR count). The minimum absolute atomic E-state index is 0.105. The number of carbonyl (C=O) groups is 1. The number of aromatic nitrogens is 2. The van der Waals surface area contributed by atoms with E-state index in [1.807, 2.05) is 0 Å². The van der Waals surface area contributed by atoms with Gasteiger partial charge in [0.25, 0.3) is 5.91 Å². The van der Waals surface area contributed by atoms with Crippen molar-refractivity contribution in [3.63, 3.8) is 0 Å². The Morgan fingerprint density at radius 3 is 2.75 bits per heavy atom. The quantitative estimate of drug-likeness (QED) is 0.886. The number of nitrogens with one attached hydrogen (secondary N) is 1. The third-order valence-electron chi connectivity index (χ3n) is 3.45. The van der Waals surface area contributed by atoms with Crippen molar-refractivity contribution < 1.29 is 14.3 Å². The average molecular weight is 275 g/mol. The van der Waals surface area contributed by atoms with Gasteiger partial charge in [0.15, 0.2) is 0 Å². The van der Waals surface area contributed by atoms with Crippen LogP contribution < -0.4 is 0 Å². The maximum absolute atomic E-state index is 12.9. The van der Waals surface area contributed by atoms with Crippen LogP contribution in [0.3, 0.4) is 0 Å². The van der Waals surface area contributed by atoms with Gasteiger partial charge in [0.05, 0.1) is 5.69 Å². The Bertz CT molecular complexity index is 618. The van der Waals surface area contributed by atoms with Crippen molar-refractivity contribution in [3.05, 3.63) is 41.8 Å². The first-order valence-electron chi connectivity index (χ1n) is 6.39. The van der Waals surface area contributed by atoms with Crippen LogP contribution >= 0.6 is 0 Å². The first kappa shape index (κ1) is 12.8. The maximum atomic E-state index is 12.9. The molecule has 0 saturated carbocycles. The van der Waals surface area contributed by atoms with Crippen LogP contribution in [0.1, 0.15) is 10.5 Å². The van der Waals surface area contributed by atoms with Gasteiger partial charge in [-0.05, 0) is 30.3 Å². The smallest absolute Gasteiger partial charge is 0.271 e. The van der Waals surface area contributed by atoms with E-state index in [2.05, 4.69) is 10.2 Å². The molecule has 2 heterocycles. The monoisotopic (exact) mass is 275 g/mol. The molecule has 104 valence electrons. The normalized spacial score (nSPS) is 15.2. The molecule has 20 heavy (non-hydrogen) atoms. The van der Waals surface area contributed by atoms with Gasteiger partial charge in [0.1, 0.15) is 11.5 Å². The molecule has 2 aromatic rings. The highest BCUT2D eigenvalue weighted by molar-refractivity contribution is 5.93. The molecule has 0 radical (unpaired) electrons. The number of likely N-dealkylation sites (tertiary alicyclic amines) is 1. The fourth-order valence-corrected chi connectivity index (χ4v) is 2.22. The number of halogens is 1. The second kappa shape index (κ2) is 5.05. The minimum atomic E-state index is -0.309. The van der Waals surface area contributed by atoms with Gasteiger partial charge < -0.3 is 10.0 Å². The van der Waals surface area contributed by atoms with Gasteiger partial charge in [0, 0.05) is 31.2 Å². The lowest BCUT2D eigenvalue weighted by atomic mass is 10.0. The Morgan fingerprint density at radius 2 is 2.10 bits per heavy atom. The van der Waals surface area contributed by atoms with Crippen molar-refractivity contribution in [1.29, 1.82) is 0 Å². The fourth-order valence-electron chi connectivity index (χ4n) is 2.22. The second-order valence-corrected chi connectivity index (χ2v) is 4.93. The van der Waals surface area contributed by atoms with Crippen LogP contribution in [-0.4, -0.2) is 45.8 Å². The van der Waals surface area contributed by atoms with Gasteiger partial charge in [-0.25, -0.2) is 4.39 Å². The van der Waals surface area contributed by atoms with E-state index in [1.54, 1.807) is 23.1 Å². The van der Waals surface area contributed by atoms with Crippen molar-refractivity contribution in [2.45, 2.75) is 0 Å². The molecule has 6 heteroatoms. The van der Waals surface area contributed by atoms with Crippen LogP contribution in [0.15, 0.2) is 30.3 Å². The van der Waals surface area contributed by atoms with Crippen LogP contribution in [0.4, 0.5) is 4.39 Å². The minimum Gasteiger partial charge on any atom is -0.396 e. The summed E-state index contributed by atoms with van der Waals surface area (Å²) in [7, 11) is 0. The van der Waals surface area contributed by atoms with E-state index >= 15 is 0 Å². The topological polar surface area (TPSA) is 69.2 Å². The molecular formula is C14H14FN3O2. The number of H-pyrrole nitrogens is 1. The van der Waals surface area contributed by atoms with Crippen molar-refractivity contribution >= 4 is 5.91 Å². The van der Waals surface area contributed by atoms with Crippen molar-refractivity contribution in [2.75, 3.05) is 19.7 Å². The molecule has 1 aliphatic heterocycles. The molecular weight excluding hydrogens is 261 g/mol. The van der Waals surface area contributed by atoms with E-state index in [9.17, 15) is 9.18 Å². The van der Waals surface area contributed by atoms with E-state index < -0.39 is 0 Å². The largest absolute Gasteiger partial charge is 0.396 e. The second-order valence-electron chi connectivity index (χ2n) is 4.93. The van der Waals surface area contributed by atoms with Gasteiger partial charge in [0.2, 0.25) is 0 Å². The molecule has 1 aliphatic rings. The van der Waals surface area contributed by atoms with Crippen LogP contribution in [0, 0.1) is 11.7 Å². The summed E-state index contributed by atoms with van der Waals surface area (Å²) in [6.45, 7) is 1.24. The number of carbonyl (C=O) groups excluding carboxylic acids is 1. The van der Waals surface area contributed by atoms with Crippen molar-refractivity contribution in [2.24, 2.45) is 5.92 Å². The molecule has 0 aliphatic carbocycles. The first-order chi connectivity index (χ1) is 9.67. The van der Waals surface area contributed by atoms with E-state index in [0.717, 1.165) is 5.56 Å². The lowest BCUT2D eigenvalue weighted by Gasteiger charge is -2.37. The van der Waals surface area contributed by atoms with Crippen molar-refractivity contribution in [3.8, 4) is 11.3 Å². The third kappa shape index (κ3) is 2.30. The first-order valence-corrected chi connectivity index (χ1v) is 6.39. The van der Waals surface area contributed by atoms with Gasteiger partial charge in [-0.2, -0.15) is 5.10 Å². The number of rotatable bonds is 3. The van der Waals surface area contributed by atoms with Crippen LogP contribution in [0.2, 0.25) is 0 Å². The Labute approximate surface area is 115 Å². The molecule has 5 nitrogen and oxygen atoms in total. The lowest BCUT2D eigenvalue weighted by molar-refractivity contribution is 0.0356. The number of aliphatic hydroxyl groups excluding tert-OH is 1. The lowest BCUT2D eigenvalue weighted by Crippen LogP contribution is -2.51. The Morgan fingerprint density at radius 1 is 1.40 bits per heavy atom. The zero-order valence-corrected chi connectivity index (χ0v) is 10.7. The van der Waals surface area contributed by atoms with E-state index in [4.69, 9.17) is 5.11 Å².